The van der Waals surface area contributed by atoms with E-state index in [0.717, 1.165) is 16.9 Å². The number of ether oxygens (including phenoxy) is 1. The van der Waals surface area contributed by atoms with Crippen LogP contribution < -0.4 is 15.5 Å². The summed E-state index contributed by atoms with van der Waals surface area (Å²) >= 11 is 0. The highest BCUT2D eigenvalue weighted by molar-refractivity contribution is 5.96. The monoisotopic (exact) mass is 339 g/mol. The summed E-state index contributed by atoms with van der Waals surface area (Å²) in [7, 11) is 0. The molecule has 0 aliphatic rings. The molecular formula is C19H21N3O3. The van der Waals surface area contributed by atoms with Crippen molar-refractivity contribution in [2.45, 2.75) is 13.8 Å². The zero-order valence-corrected chi connectivity index (χ0v) is 14.3. The van der Waals surface area contributed by atoms with E-state index in [1.807, 2.05) is 50.2 Å². The van der Waals surface area contributed by atoms with Gasteiger partial charge in [-0.3, -0.25) is 9.59 Å². The molecule has 25 heavy (non-hydrogen) atoms. The summed E-state index contributed by atoms with van der Waals surface area (Å²) in [5, 5.41) is 6.41. The van der Waals surface area contributed by atoms with Crippen molar-refractivity contribution in [2.24, 2.45) is 5.10 Å². The van der Waals surface area contributed by atoms with Gasteiger partial charge in [-0.25, -0.2) is 5.43 Å². The topological polar surface area (TPSA) is 79.8 Å². The molecule has 0 unspecified atom stereocenters. The average Bonchev–Trinajstić information content (AvgIpc) is 2.62. The molecule has 2 N–H and O–H groups in total. The molecule has 0 fully saturated rings. The van der Waals surface area contributed by atoms with Crippen molar-refractivity contribution in [2.75, 3.05) is 13.2 Å². The lowest BCUT2D eigenvalue weighted by Crippen LogP contribution is -2.34. The van der Waals surface area contributed by atoms with E-state index in [4.69, 9.17) is 4.74 Å². The first-order valence-corrected chi connectivity index (χ1v) is 7.98. The van der Waals surface area contributed by atoms with E-state index in [9.17, 15) is 9.59 Å². The minimum absolute atomic E-state index is 0.146. The Morgan fingerprint density at radius 1 is 1.08 bits per heavy atom. The first-order valence-electron chi connectivity index (χ1n) is 7.98. The Morgan fingerprint density at radius 3 is 2.40 bits per heavy atom. The van der Waals surface area contributed by atoms with Crippen molar-refractivity contribution in [3.8, 4) is 5.75 Å². The maximum absolute atomic E-state index is 11.9. The molecule has 0 saturated carbocycles. The van der Waals surface area contributed by atoms with Gasteiger partial charge in [-0.05, 0) is 55.8 Å². The van der Waals surface area contributed by atoms with Crippen molar-refractivity contribution in [1.29, 1.82) is 0 Å². The van der Waals surface area contributed by atoms with E-state index in [1.165, 1.54) is 6.21 Å². The van der Waals surface area contributed by atoms with Crippen molar-refractivity contribution >= 4 is 18.0 Å². The standard InChI is InChI=1S/C19H21N3O3/c1-3-25-17-10-6-15(7-11-17)12-21-22-18(23)13-20-19(24)16-8-4-14(2)5-9-16/h4-12H,3,13H2,1-2H3,(H,20,24)(H,22,23). The largest absolute Gasteiger partial charge is 0.494 e. The maximum Gasteiger partial charge on any atom is 0.259 e. The molecule has 2 aromatic carbocycles. The normalized spacial score (nSPS) is 10.5. The van der Waals surface area contributed by atoms with Crippen LogP contribution in [0.1, 0.15) is 28.4 Å². The van der Waals surface area contributed by atoms with Crippen LogP contribution in [0.2, 0.25) is 0 Å². The van der Waals surface area contributed by atoms with E-state index in [-0.39, 0.29) is 12.5 Å². The molecular weight excluding hydrogens is 318 g/mol. The molecule has 0 heterocycles. The quantitative estimate of drug-likeness (QED) is 0.600. The molecule has 0 bridgehead atoms. The van der Waals surface area contributed by atoms with E-state index in [0.29, 0.717) is 12.2 Å². The van der Waals surface area contributed by atoms with Crippen LogP contribution in [0.4, 0.5) is 0 Å². The Morgan fingerprint density at radius 2 is 1.76 bits per heavy atom. The lowest BCUT2D eigenvalue weighted by atomic mass is 10.1. The number of hydrazone groups is 1. The molecule has 6 nitrogen and oxygen atoms in total. The van der Waals surface area contributed by atoms with Crippen molar-refractivity contribution in [1.82, 2.24) is 10.7 Å². The van der Waals surface area contributed by atoms with Crippen LogP contribution in [0.5, 0.6) is 5.75 Å². The Hall–Kier alpha value is -3.15. The number of amides is 2. The fourth-order valence-electron chi connectivity index (χ4n) is 2.00. The number of nitrogens with one attached hydrogen (secondary N) is 2. The Kier molecular flexibility index (Phi) is 6.71. The van der Waals surface area contributed by atoms with Crippen LogP contribution in [0.25, 0.3) is 0 Å². The Balaban J connectivity index is 1.76. The van der Waals surface area contributed by atoms with Crippen molar-refractivity contribution < 1.29 is 14.3 Å². The number of hydrogen-bond donors (Lipinski definition) is 2. The number of nitrogens with zero attached hydrogens (tertiary/aromatic N) is 1. The molecule has 2 rings (SSSR count). The fourth-order valence-corrected chi connectivity index (χ4v) is 2.00. The van der Waals surface area contributed by atoms with Gasteiger partial charge in [0.25, 0.3) is 11.8 Å². The van der Waals surface area contributed by atoms with Crippen LogP contribution in [0, 0.1) is 6.92 Å². The van der Waals surface area contributed by atoms with Gasteiger partial charge in [-0.1, -0.05) is 17.7 Å². The second-order valence-corrected chi connectivity index (χ2v) is 5.34. The number of rotatable bonds is 7. The van der Waals surface area contributed by atoms with Gasteiger partial charge in [0, 0.05) is 5.56 Å². The number of benzene rings is 2. The van der Waals surface area contributed by atoms with Crippen LogP contribution >= 0.6 is 0 Å². The van der Waals surface area contributed by atoms with Gasteiger partial charge in [0.2, 0.25) is 0 Å². The molecule has 0 saturated heterocycles. The van der Waals surface area contributed by atoms with Gasteiger partial charge < -0.3 is 10.1 Å². The third kappa shape index (κ3) is 6.10. The summed E-state index contributed by atoms with van der Waals surface area (Å²) in [4.78, 5) is 23.6. The molecule has 6 heteroatoms. The second kappa shape index (κ2) is 9.22. The van der Waals surface area contributed by atoms with Gasteiger partial charge in [0.05, 0.1) is 19.4 Å². The predicted molar refractivity (Wildman–Crippen MR) is 96.9 cm³/mol. The smallest absolute Gasteiger partial charge is 0.259 e. The van der Waals surface area contributed by atoms with Crippen LogP contribution in [0.3, 0.4) is 0 Å². The molecule has 0 aliphatic carbocycles. The summed E-state index contributed by atoms with van der Waals surface area (Å²) in [5.74, 6) is 0.0794. The zero-order valence-electron chi connectivity index (χ0n) is 14.3. The summed E-state index contributed by atoms with van der Waals surface area (Å²) in [6.07, 6.45) is 1.52. The van der Waals surface area contributed by atoms with Crippen LogP contribution in [-0.2, 0) is 4.79 Å². The van der Waals surface area contributed by atoms with Gasteiger partial charge in [-0.2, -0.15) is 5.10 Å². The molecule has 0 spiro atoms. The fraction of sp³-hybridized carbons (Fsp3) is 0.211. The van der Waals surface area contributed by atoms with Crippen molar-refractivity contribution in [3.63, 3.8) is 0 Å². The molecule has 130 valence electrons. The predicted octanol–water partition coefficient (Wildman–Crippen LogP) is 2.27. The lowest BCUT2D eigenvalue weighted by molar-refractivity contribution is -0.120. The van der Waals surface area contributed by atoms with E-state index in [1.54, 1.807) is 12.1 Å². The Bertz CT molecular complexity index is 738. The van der Waals surface area contributed by atoms with E-state index >= 15 is 0 Å². The highest BCUT2D eigenvalue weighted by Gasteiger charge is 2.07. The molecule has 0 atom stereocenters. The van der Waals surface area contributed by atoms with Gasteiger partial charge >= 0.3 is 0 Å². The SMILES string of the molecule is CCOc1ccc(C=NNC(=O)CNC(=O)c2ccc(C)cc2)cc1. The third-order valence-electron chi connectivity index (χ3n) is 3.32. The highest BCUT2D eigenvalue weighted by Crippen LogP contribution is 2.10. The summed E-state index contributed by atoms with van der Waals surface area (Å²) in [6.45, 7) is 4.32. The number of carbonyl (C=O) groups excluding carboxylic acids is 2. The van der Waals surface area contributed by atoms with Crippen LogP contribution in [-0.4, -0.2) is 31.2 Å². The average molecular weight is 339 g/mol. The first-order chi connectivity index (χ1) is 12.1. The van der Waals surface area contributed by atoms with E-state index < -0.39 is 5.91 Å². The Labute approximate surface area is 146 Å². The summed E-state index contributed by atoms with van der Waals surface area (Å²) < 4.78 is 5.35. The molecule has 2 amide bonds. The number of carbonyl (C=O) groups is 2. The number of hydrogen-bond acceptors (Lipinski definition) is 4. The summed E-state index contributed by atoms with van der Waals surface area (Å²) in [5.41, 5.74) is 4.78. The molecule has 0 radical (unpaired) electrons. The molecule has 0 aliphatic heterocycles. The summed E-state index contributed by atoms with van der Waals surface area (Å²) in [6, 6.07) is 14.4. The van der Waals surface area contributed by atoms with Crippen molar-refractivity contribution in [3.05, 3.63) is 65.2 Å². The molecule has 2 aromatic rings. The second-order valence-electron chi connectivity index (χ2n) is 5.34. The van der Waals surface area contributed by atoms with Gasteiger partial charge in [-0.15, -0.1) is 0 Å². The van der Waals surface area contributed by atoms with E-state index in [2.05, 4.69) is 15.8 Å². The number of aryl methyl sites for hydroxylation is 1. The highest BCUT2D eigenvalue weighted by atomic mass is 16.5. The van der Waals surface area contributed by atoms with Gasteiger partial charge in [0.15, 0.2) is 0 Å². The third-order valence-corrected chi connectivity index (χ3v) is 3.32. The minimum atomic E-state index is -0.400. The zero-order chi connectivity index (χ0) is 18.1. The lowest BCUT2D eigenvalue weighted by Gasteiger charge is -2.04. The first kappa shape index (κ1) is 18.2. The van der Waals surface area contributed by atoms with Crippen LogP contribution in [0.15, 0.2) is 53.6 Å². The minimum Gasteiger partial charge on any atom is -0.494 e. The maximum atomic E-state index is 11.9. The van der Waals surface area contributed by atoms with Gasteiger partial charge in [0.1, 0.15) is 5.75 Å². The molecule has 0 aromatic heterocycles.